The van der Waals surface area contributed by atoms with Crippen molar-refractivity contribution in [3.63, 3.8) is 0 Å². The van der Waals surface area contributed by atoms with Gasteiger partial charge in [0.2, 0.25) is 11.6 Å². The summed E-state index contributed by atoms with van der Waals surface area (Å²) in [5.41, 5.74) is 9.29. The molecule has 26 heavy (non-hydrogen) atoms. The SMILES string of the molecule is Nc1nonc1-n1nnc(C(=O)NN=Cc2ccoc2)c1-c1cccs1. The fourth-order valence-corrected chi connectivity index (χ4v) is 2.88. The fourth-order valence-electron chi connectivity index (χ4n) is 2.12. The van der Waals surface area contributed by atoms with Crippen LogP contribution in [0.1, 0.15) is 16.1 Å². The van der Waals surface area contributed by atoms with E-state index in [0.717, 1.165) is 4.88 Å². The molecule has 130 valence electrons. The smallest absolute Gasteiger partial charge is 0.294 e. The van der Waals surface area contributed by atoms with E-state index >= 15 is 0 Å². The van der Waals surface area contributed by atoms with Crippen LogP contribution in [0.5, 0.6) is 0 Å². The summed E-state index contributed by atoms with van der Waals surface area (Å²) in [4.78, 5) is 13.2. The predicted molar refractivity (Wildman–Crippen MR) is 90.7 cm³/mol. The highest BCUT2D eigenvalue weighted by molar-refractivity contribution is 7.13. The number of hydrazone groups is 1. The van der Waals surface area contributed by atoms with E-state index in [9.17, 15) is 4.79 Å². The number of carbonyl (C=O) groups excluding carboxylic acids is 1. The third kappa shape index (κ3) is 2.84. The molecule has 0 aromatic carbocycles. The summed E-state index contributed by atoms with van der Waals surface area (Å²) < 4.78 is 10.8. The summed E-state index contributed by atoms with van der Waals surface area (Å²) in [6.07, 6.45) is 4.43. The van der Waals surface area contributed by atoms with Crippen LogP contribution in [0.2, 0.25) is 0 Å². The summed E-state index contributed by atoms with van der Waals surface area (Å²) in [6.45, 7) is 0. The zero-order valence-electron chi connectivity index (χ0n) is 12.9. The Morgan fingerprint density at radius 3 is 3.00 bits per heavy atom. The van der Waals surface area contributed by atoms with Crippen molar-refractivity contribution < 1.29 is 13.8 Å². The van der Waals surface area contributed by atoms with Gasteiger partial charge in [-0.2, -0.15) is 9.78 Å². The monoisotopic (exact) mass is 370 g/mol. The summed E-state index contributed by atoms with van der Waals surface area (Å²) in [7, 11) is 0. The number of thiophene rings is 1. The molecule has 4 heterocycles. The summed E-state index contributed by atoms with van der Waals surface area (Å²) in [6, 6.07) is 5.35. The molecule has 4 aromatic heterocycles. The number of hydrogen-bond acceptors (Lipinski definition) is 10. The highest BCUT2D eigenvalue weighted by Gasteiger charge is 2.25. The molecule has 0 unspecified atom stereocenters. The third-order valence-corrected chi connectivity index (χ3v) is 4.14. The van der Waals surface area contributed by atoms with Crippen molar-refractivity contribution >= 4 is 29.3 Å². The maximum Gasteiger partial charge on any atom is 0.294 e. The van der Waals surface area contributed by atoms with Crippen molar-refractivity contribution in [1.29, 1.82) is 0 Å². The van der Waals surface area contributed by atoms with E-state index in [1.54, 1.807) is 6.07 Å². The average Bonchev–Trinajstić information content (AvgIpc) is 3.41. The molecule has 4 rings (SSSR count). The van der Waals surface area contributed by atoms with E-state index in [-0.39, 0.29) is 17.3 Å². The van der Waals surface area contributed by atoms with Crippen molar-refractivity contribution in [3.8, 4) is 16.4 Å². The number of furan rings is 1. The highest BCUT2D eigenvalue weighted by Crippen LogP contribution is 2.29. The Hall–Kier alpha value is -3.80. The van der Waals surface area contributed by atoms with Gasteiger partial charge in [0.05, 0.1) is 23.6 Å². The Labute approximate surface area is 149 Å². The second-order valence-corrected chi connectivity index (χ2v) is 5.85. The number of anilines is 1. The van der Waals surface area contributed by atoms with E-state index in [1.807, 2.05) is 17.5 Å². The van der Waals surface area contributed by atoms with Crippen molar-refractivity contribution in [2.24, 2.45) is 5.10 Å². The quantitative estimate of drug-likeness (QED) is 0.394. The van der Waals surface area contributed by atoms with Crippen LogP contribution in [0.3, 0.4) is 0 Å². The van der Waals surface area contributed by atoms with Gasteiger partial charge in [-0.3, -0.25) is 4.79 Å². The molecule has 3 N–H and O–H groups in total. The number of carbonyl (C=O) groups is 1. The normalized spacial score (nSPS) is 11.2. The number of nitrogens with one attached hydrogen (secondary N) is 1. The van der Waals surface area contributed by atoms with Gasteiger partial charge in [0.1, 0.15) is 5.69 Å². The molecular weight excluding hydrogens is 360 g/mol. The summed E-state index contributed by atoms with van der Waals surface area (Å²) >= 11 is 1.40. The number of nitrogens with two attached hydrogens (primary N) is 1. The lowest BCUT2D eigenvalue weighted by Gasteiger charge is -2.02. The molecule has 0 atom stereocenters. The first-order valence-corrected chi connectivity index (χ1v) is 8.05. The lowest BCUT2D eigenvalue weighted by molar-refractivity contribution is 0.0951. The van der Waals surface area contributed by atoms with Crippen LogP contribution in [-0.2, 0) is 0 Å². The van der Waals surface area contributed by atoms with Crippen LogP contribution in [0.25, 0.3) is 16.4 Å². The number of nitrogens with zero attached hydrogens (tertiary/aromatic N) is 6. The van der Waals surface area contributed by atoms with Gasteiger partial charge in [-0.1, -0.05) is 11.3 Å². The van der Waals surface area contributed by atoms with E-state index < -0.39 is 5.91 Å². The van der Waals surface area contributed by atoms with Gasteiger partial charge in [0.25, 0.3) is 5.91 Å². The number of amides is 1. The van der Waals surface area contributed by atoms with Crippen LogP contribution in [0.15, 0.2) is 50.3 Å². The molecule has 0 spiro atoms. The molecule has 0 radical (unpaired) electrons. The van der Waals surface area contributed by atoms with E-state index in [4.69, 9.17) is 10.2 Å². The van der Waals surface area contributed by atoms with Crippen LogP contribution < -0.4 is 11.2 Å². The van der Waals surface area contributed by atoms with Crippen molar-refractivity contribution in [2.75, 3.05) is 5.73 Å². The van der Waals surface area contributed by atoms with Crippen LogP contribution in [0, 0.1) is 0 Å². The van der Waals surface area contributed by atoms with Crippen molar-refractivity contribution in [1.82, 2.24) is 30.7 Å². The van der Waals surface area contributed by atoms with E-state index in [0.29, 0.717) is 11.3 Å². The van der Waals surface area contributed by atoms with Gasteiger partial charge in [0.15, 0.2) is 5.69 Å². The molecule has 0 aliphatic carbocycles. The average molecular weight is 370 g/mol. The van der Waals surface area contributed by atoms with Gasteiger partial charge in [-0.15, -0.1) is 16.4 Å². The fraction of sp³-hybridized carbons (Fsp3) is 0. The number of rotatable bonds is 5. The first-order valence-electron chi connectivity index (χ1n) is 7.17. The summed E-state index contributed by atoms with van der Waals surface area (Å²) in [5.74, 6) is -0.381. The molecule has 12 heteroatoms. The van der Waals surface area contributed by atoms with Gasteiger partial charge in [0, 0.05) is 5.56 Å². The second-order valence-electron chi connectivity index (χ2n) is 4.90. The van der Waals surface area contributed by atoms with E-state index in [1.165, 1.54) is 34.8 Å². The standard InChI is InChI=1S/C14H10N8O3S/c15-12-13(20-25-19-12)22-11(9-2-1-5-26-9)10(17-21-22)14(23)18-16-6-8-3-4-24-7-8/h1-7H,(H2,15,19)(H,18,23). The number of nitrogen functional groups attached to an aromatic ring is 1. The lowest BCUT2D eigenvalue weighted by atomic mass is 10.2. The van der Waals surface area contributed by atoms with Gasteiger partial charge in [-0.25, -0.2) is 10.1 Å². The molecule has 0 fully saturated rings. The summed E-state index contributed by atoms with van der Waals surface area (Å²) in [5, 5.41) is 20.9. The molecule has 0 saturated heterocycles. The zero-order valence-corrected chi connectivity index (χ0v) is 13.8. The molecule has 0 bridgehead atoms. The molecule has 0 aliphatic rings. The molecule has 0 aliphatic heterocycles. The minimum atomic E-state index is -0.547. The van der Waals surface area contributed by atoms with Crippen LogP contribution >= 0.6 is 11.3 Å². The van der Waals surface area contributed by atoms with Gasteiger partial charge < -0.3 is 10.2 Å². The van der Waals surface area contributed by atoms with Crippen molar-refractivity contribution in [2.45, 2.75) is 0 Å². The first kappa shape index (κ1) is 15.7. The van der Waals surface area contributed by atoms with E-state index in [2.05, 4.69) is 35.8 Å². The lowest BCUT2D eigenvalue weighted by Crippen LogP contribution is -2.19. The van der Waals surface area contributed by atoms with Crippen molar-refractivity contribution in [3.05, 3.63) is 47.4 Å². The number of aromatic nitrogens is 5. The molecule has 11 nitrogen and oxygen atoms in total. The topological polar surface area (TPSA) is 150 Å². The first-order chi connectivity index (χ1) is 12.7. The maximum atomic E-state index is 12.5. The minimum Gasteiger partial charge on any atom is -0.472 e. The largest absolute Gasteiger partial charge is 0.472 e. The van der Waals surface area contributed by atoms with Gasteiger partial charge >= 0.3 is 0 Å². The maximum absolute atomic E-state index is 12.5. The molecule has 1 amide bonds. The zero-order chi connectivity index (χ0) is 17.9. The minimum absolute atomic E-state index is 0.0256. The Morgan fingerprint density at radius 2 is 2.31 bits per heavy atom. The van der Waals surface area contributed by atoms with Crippen LogP contribution in [0.4, 0.5) is 5.82 Å². The molecular formula is C14H10N8O3S. The van der Waals surface area contributed by atoms with Gasteiger partial charge in [-0.05, 0) is 27.8 Å². The molecule has 4 aromatic rings. The number of hydrogen-bond donors (Lipinski definition) is 2. The Balaban J connectivity index is 1.69. The Morgan fingerprint density at radius 1 is 1.38 bits per heavy atom. The van der Waals surface area contributed by atoms with Crippen LogP contribution in [-0.4, -0.2) is 37.4 Å². The Kier molecular flexibility index (Phi) is 3.99. The second kappa shape index (κ2) is 6.60. The Bertz CT molecular complexity index is 1050. The highest BCUT2D eigenvalue weighted by atomic mass is 32.1. The predicted octanol–water partition coefficient (Wildman–Crippen LogP) is 1.32. The molecule has 0 saturated carbocycles. The third-order valence-electron chi connectivity index (χ3n) is 3.26.